The molecule has 3 aromatic carbocycles. The van der Waals surface area contributed by atoms with E-state index in [0.29, 0.717) is 28.1 Å². The van der Waals surface area contributed by atoms with Crippen LogP contribution in [-0.2, 0) is 6.54 Å². The molecule has 0 aliphatic heterocycles. The molecule has 0 fully saturated rings. The van der Waals surface area contributed by atoms with Gasteiger partial charge in [-0.1, -0.05) is 59.8 Å². The average Bonchev–Trinajstić information content (AvgIpc) is 3.25. The van der Waals surface area contributed by atoms with Crippen LogP contribution in [0.15, 0.2) is 84.0 Å². The Morgan fingerprint density at radius 2 is 1.81 bits per heavy atom. The number of halogens is 1. The van der Waals surface area contributed by atoms with Crippen molar-refractivity contribution in [2.24, 2.45) is 0 Å². The minimum atomic E-state index is 0.0363. The number of thioether (sulfide) groups is 1. The third-order valence-corrected chi connectivity index (χ3v) is 5.90. The third-order valence-electron chi connectivity index (χ3n) is 4.74. The number of carbonyl (C=O) groups excluding carboxylic acids is 1. The summed E-state index contributed by atoms with van der Waals surface area (Å²) in [6.45, 7) is 0.443. The van der Waals surface area contributed by atoms with Crippen LogP contribution < -0.4 is 10.1 Å². The van der Waals surface area contributed by atoms with E-state index in [1.807, 2.05) is 83.4 Å². The van der Waals surface area contributed by atoms with Crippen LogP contribution in [-0.4, -0.2) is 33.4 Å². The zero-order valence-corrected chi connectivity index (χ0v) is 18.9. The van der Waals surface area contributed by atoms with Crippen LogP contribution in [0, 0.1) is 0 Å². The first-order valence-corrected chi connectivity index (χ1v) is 11.3. The van der Waals surface area contributed by atoms with E-state index in [1.54, 1.807) is 7.11 Å². The lowest BCUT2D eigenvalue weighted by Crippen LogP contribution is -2.09. The van der Waals surface area contributed by atoms with E-state index in [4.69, 9.17) is 16.3 Å². The molecule has 0 atom stereocenters. The lowest BCUT2D eigenvalue weighted by Gasteiger charge is -2.12. The maximum absolute atomic E-state index is 12.6. The number of ketones is 1. The first-order valence-electron chi connectivity index (χ1n) is 9.93. The number of nitrogens with one attached hydrogen (secondary N) is 1. The Morgan fingerprint density at radius 3 is 2.53 bits per heavy atom. The Labute approximate surface area is 195 Å². The van der Waals surface area contributed by atoms with Gasteiger partial charge >= 0.3 is 0 Å². The Hall–Kier alpha value is -3.29. The largest absolute Gasteiger partial charge is 0.497 e. The van der Waals surface area contributed by atoms with Gasteiger partial charge in [-0.25, -0.2) is 0 Å². The first-order chi connectivity index (χ1) is 15.6. The van der Waals surface area contributed by atoms with Crippen molar-refractivity contribution in [1.29, 1.82) is 0 Å². The molecular weight excluding hydrogens is 444 g/mol. The minimum absolute atomic E-state index is 0.0363. The van der Waals surface area contributed by atoms with Gasteiger partial charge in [0.05, 0.1) is 25.1 Å². The molecule has 6 nitrogen and oxygen atoms in total. The maximum atomic E-state index is 12.6. The van der Waals surface area contributed by atoms with Gasteiger partial charge in [-0.15, -0.1) is 10.2 Å². The van der Waals surface area contributed by atoms with Crippen LogP contribution in [0.3, 0.4) is 0 Å². The van der Waals surface area contributed by atoms with Gasteiger partial charge in [-0.3, -0.25) is 9.36 Å². The molecule has 1 N–H and O–H groups in total. The standard InChI is InChI=1S/C24H21ClN4O2S/c1-31-21-12-10-19(11-13-21)26-15-23-27-28-24(29(23)20-9-5-8-18(25)14-20)32-16-22(30)17-6-3-2-4-7-17/h2-14,26H,15-16H2,1H3. The van der Waals surface area contributed by atoms with E-state index in [2.05, 4.69) is 15.5 Å². The topological polar surface area (TPSA) is 69.0 Å². The van der Waals surface area contributed by atoms with Gasteiger partial charge < -0.3 is 10.1 Å². The second kappa shape index (κ2) is 10.3. The number of aromatic nitrogens is 3. The van der Waals surface area contributed by atoms with E-state index in [1.165, 1.54) is 11.8 Å². The van der Waals surface area contributed by atoms with Crippen LogP contribution in [0.4, 0.5) is 5.69 Å². The summed E-state index contributed by atoms with van der Waals surface area (Å²) in [5.41, 5.74) is 2.44. The van der Waals surface area contributed by atoms with Crippen molar-refractivity contribution in [2.45, 2.75) is 11.7 Å². The fourth-order valence-corrected chi connectivity index (χ4v) is 4.16. The number of methoxy groups -OCH3 is 1. The summed E-state index contributed by atoms with van der Waals surface area (Å²) in [4.78, 5) is 12.6. The number of nitrogens with zero attached hydrogens (tertiary/aromatic N) is 3. The van der Waals surface area contributed by atoms with Crippen LogP contribution >= 0.6 is 23.4 Å². The molecule has 0 saturated carbocycles. The van der Waals surface area contributed by atoms with E-state index in [0.717, 1.165) is 17.1 Å². The Balaban J connectivity index is 1.56. The lowest BCUT2D eigenvalue weighted by molar-refractivity contribution is 0.102. The first kappa shape index (κ1) is 21.9. The number of Topliss-reactive ketones (excluding diaryl/α,β-unsaturated/α-hetero) is 1. The van der Waals surface area contributed by atoms with Crippen molar-refractivity contribution >= 4 is 34.8 Å². The summed E-state index contributed by atoms with van der Waals surface area (Å²) in [5.74, 6) is 1.79. The number of anilines is 1. The number of ether oxygens (including phenoxy) is 1. The van der Waals surface area contributed by atoms with Crippen molar-refractivity contribution in [1.82, 2.24) is 14.8 Å². The molecule has 8 heteroatoms. The SMILES string of the molecule is COc1ccc(NCc2nnc(SCC(=O)c3ccccc3)n2-c2cccc(Cl)c2)cc1. The van der Waals surface area contributed by atoms with Crippen molar-refractivity contribution in [3.05, 3.63) is 95.3 Å². The highest BCUT2D eigenvalue weighted by Crippen LogP contribution is 2.25. The van der Waals surface area contributed by atoms with E-state index in [-0.39, 0.29) is 11.5 Å². The van der Waals surface area contributed by atoms with Crippen molar-refractivity contribution in [3.8, 4) is 11.4 Å². The molecule has 162 valence electrons. The monoisotopic (exact) mass is 464 g/mol. The highest BCUT2D eigenvalue weighted by atomic mass is 35.5. The molecule has 0 unspecified atom stereocenters. The number of carbonyl (C=O) groups is 1. The lowest BCUT2D eigenvalue weighted by atomic mass is 10.2. The molecule has 0 amide bonds. The van der Waals surface area contributed by atoms with Crippen LogP contribution in [0.1, 0.15) is 16.2 Å². The summed E-state index contributed by atoms with van der Waals surface area (Å²) < 4.78 is 7.13. The van der Waals surface area contributed by atoms with E-state index < -0.39 is 0 Å². The van der Waals surface area contributed by atoms with Crippen LogP contribution in [0.5, 0.6) is 5.75 Å². The summed E-state index contributed by atoms with van der Waals surface area (Å²) in [6.07, 6.45) is 0. The molecule has 0 aliphatic carbocycles. The molecule has 4 aromatic rings. The highest BCUT2D eigenvalue weighted by molar-refractivity contribution is 7.99. The maximum Gasteiger partial charge on any atom is 0.196 e. The van der Waals surface area contributed by atoms with E-state index in [9.17, 15) is 4.79 Å². The molecule has 1 heterocycles. The molecule has 4 rings (SSSR count). The predicted octanol–water partition coefficient (Wildman–Crippen LogP) is 5.52. The predicted molar refractivity (Wildman–Crippen MR) is 128 cm³/mol. The average molecular weight is 465 g/mol. The van der Waals surface area contributed by atoms with Crippen LogP contribution in [0.25, 0.3) is 5.69 Å². The fourth-order valence-electron chi connectivity index (χ4n) is 3.11. The molecule has 0 spiro atoms. The molecule has 0 aliphatic rings. The molecule has 0 saturated heterocycles. The number of hydrogen-bond donors (Lipinski definition) is 1. The van der Waals surface area contributed by atoms with Crippen LogP contribution in [0.2, 0.25) is 5.02 Å². The zero-order valence-electron chi connectivity index (χ0n) is 17.4. The van der Waals surface area contributed by atoms with Gasteiger partial charge in [-0.2, -0.15) is 0 Å². The van der Waals surface area contributed by atoms with Gasteiger partial charge in [0.15, 0.2) is 16.8 Å². The zero-order chi connectivity index (χ0) is 22.3. The molecule has 0 bridgehead atoms. The van der Waals surface area contributed by atoms with Gasteiger partial charge in [0.25, 0.3) is 0 Å². The fraction of sp³-hybridized carbons (Fsp3) is 0.125. The molecule has 32 heavy (non-hydrogen) atoms. The molecule has 1 aromatic heterocycles. The normalized spacial score (nSPS) is 10.7. The van der Waals surface area contributed by atoms with E-state index >= 15 is 0 Å². The van der Waals surface area contributed by atoms with Gasteiger partial charge in [0.1, 0.15) is 5.75 Å². The van der Waals surface area contributed by atoms with Gasteiger partial charge in [0.2, 0.25) is 0 Å². The summed E-state index contributed by atoms with van der Waals surface area (Å²) in [7, 11) is 1.64. The molecule has 0 radical (unpaired) electrons. The Kier molecular flexibility index (Phi) is 7.09. The second-order valence-electron chi connectivity index (χ2n) is 6.87. The number of hydrogen-bond acceptors (Lipinski definition) is 6. The van der Waals surface area contributed by atoms with Crippen molar-refractivity contribution in [3.63, 3.8) is 0 Å². The van der Waals surface area contributed by atoms with Gasteiger partial charge in [0, 0.05) is 16.3 Å². The summed E-state index contributed by atoms with van der Waals surface area (Å²) >= 11 is 7.58. The quantitative estimate of drug-likeness (QED) is 0.260. The summed E-state index contributed by atoms with van der Waals surface area (Å²) in [5, 5.41) is 13.3. The Morgan fingerprint density at radius 1 is 1.03 bits per heavy atom. The third kappa shape index (κ3) is 5.30. The minimum Gasteiger partial charge on any atom is -0.497 e. The number of rotatable bonds is 9. The molecular formula is C24H21ClN4O2S. The van der Waals surface area contributed by atoms with Crippen molar-refractivity contribution in [2.75, 3.05) is 18.2 Å². The van der Waals surface area contributed by atoms with Crippen molar-refractivity contribution < 1.29 is 9.53 Å². The summed E-state index contributed by atoms with van der Waals surface area (Å²) in [6, 6.07) is 24.4. The smallest absolute Gasteiger partial charge is 0.196 e. The highest BCUT2D eigenvalue weighted by Gasteiger charge is 2.17. The second-order valence-corrected chi connectivity index (χ2v) is 8.25. The van der Waals surface area contributed by atoms with Gasteiger partial charge in [-0.05, 0) is 42.5 Å². The Bertz CT molecular complexity index is 1200. The number of benzene rings is 3.